The van der Waals surface area contributed by atoms with Crippen molar-refractivity contribution in [1.82, 2.24) is 4.57 Å². The van der Waals surface area contributed by atoms with E-state index in [9.17, 15) is 0 Å². The first kappa shape index (κ1) is 26.3. The van der Waals surface area contributed by atoms with Gasteiger partial charge in [-0.25, -0.2) is 0 Å². The van der Waals surface area contributed by atoms with Gasteiger partial charge in [0.15, 0.2) is 0 Å². The Bertz CT molecular complexity index is 2790. The van der Waals surface area contributed by atoms with Crippen LogP contribution in [-0.4, -0.2) is 4.57 Å². The summed E-state index contributed by atoms with van der Waals surface area (Å²) < 4.78 is 5.06. The molecule has 0 radical (unpaired) electrons. The minimum Gasteiger partial charge on any atom is -0.310 e. The summed E-state index contributed by atoms with van der Waals surface area (Å²) in [5.74, 6) is 0. The molecule has 0 unspecified atom stereocenters. The van der Waals surface area contributed by atoms with Gasteiger partial charge in [0.05, 0.1) is 11.0 Å². The van der Waals surface area contributed by atoms with E-state index in [1.54, 1.807) is 0 Å². The first-order chi connectivity index (χ1) is 23.3. The Morgan fingerprint density at radius 3 is 1.87 bits per heavy atom. The number of thiophene rings is 1. The van der Waals surface area contributed by atoms with Gasteiger partial charge in [-0.15, -0.1) is 11.3 Å². The molecule has 0 aliphatic carbocycles. The van der Waals surface area contributed by atoms with Gasteiger partial charge in [-0.2, -0.15) is 0 Å². The molecule has 47 heavy (non-hydrogen) atoms. The smallest absolute Gasteiger partial charge is 0.0561 e. The van der Waals surface area contributed by atoms with Gasteiger partial charge >= 0.3 is 0 Å². The summed E-state index contributed by atoms with van der Waals surface area (Å²) in [6.07, 6.45) is 0. The largest absolute Gasteiger partial charge is 0.310 e. The maximum absolute atomic E-state index is 2.41. The first-order valence-corrected chi connectivity index (χ1v) is 16.8. The number of nitrogens with zero attached hydrogens (tertiary/aromatic N) is 2. The molecule has 2 nitrogen and oxygen atoms in total. The fraction of sp³-hybridized carbons (Fsp3) is 0. The number of para-hydroxylation sites is 3. The van der Waals surface area contributed by atoms with Gasteiger partial charge in [0.2, 0.25) is 0 Å². The van der Waals surface area contributed by atoms with Crippen molar-refractivity contribution in [3.8, 4) is 5.69 Å². The molecule has 0 spiro atoms. The zero-order valence-electron chi connectivity index (χ0n) is 25.5. The normalized spacial score (nSPS) is 11.8. The first-order valence-electron chi connectivity index (χ1n) is 16.0. The zero-order valence-corrected chi connectivity index (χ0v) is 26.3. The fourth-order valence-corrected chi connectivity index (χ4v) is 8.51. The highest BCUT2D eigenvalue weighted by Gasteiger charge is 2.18. The number of hydrogen-bond acceptors (Lipinski definition) is 2. The molecule has 10 aromatic rings. The molecule has 0 aliphatic heterocycles. The molecule has 0 bridgehead atoms. The SMILES string of the molecule is c1ccc(N(c2ccc3ccc4cc5sc6ccccc6c5cc4c3c2)c2ccc3c4ccccc4n(-c4ccccc4)c3c2)cc1. The maximum atomic E-state index is 2.41. The van der Waals surface area contributed by atoms with Crippen LogP contribution in [0.5, 0.6) is 0 Å². The molecule has 0 N–H and O–H groups in total. The molecule has 0 aliphatic rings. The van der Waals surface area contributed by atoms with Crippen LogP contribution >= 0.6 is 11.3 Å². The second-order valence-corrected chi connectivity index (χ2v) is 13.3. The standard InChI is InChI=1S/C44H28N2S/c1-3-11-31(12-4-1)45(34-23-24-36-35-15-7-9-17-41(35)46(42(36)27-34)32-13-5-2-6-14-32)33-22-21-29-19-20-30-25-44-40(28-39(30)38(29)26-33)37-16-8-10-18-43(37)47-44/h1-28H. The Morgan fingerprint density at radius 2 is 1.00 bits per heavy atom. The summed E-state index contributed by atoms with van der Waals surface area (Å²) in [6.45, 7) is 0. The molecule has 3 heteroatoms. The molecule has 2 heterocycles. The lowest BCUT2D eigenvalue weighted by atomic mass is 9.99. The van der Waals surface area contributed by atoms with Gasteiger partial charge in [-0.1, -0.05) is 97.1 Å². The van der Waals surface area contributed by atoms with Crippen LogP contribution < -0.4 is 4.90 Å². The Balaban J connectivity index is 1.23. The van der Waals surface area contributed by atoms with E-state index < -0.39 is 0 Å². The Kier molecular flexibility index (Phi) is 5.78. The van der Waals surface area contributed by atoms with Crippen LogP contribution in [0, 0.1) is 0 Å². The fourth-order valence-electron chi connectivity index (χ4n) is 7.38. The third-order valence-corrected chi connectivity index (χ3v) is 10.7. The molecule has 0 amide bonds. The van der Waals surface area contributed by atoms with E-state index in [2.05, 4.69) is 179 Å². The van der Waals surface area contributed by atoms with E-state index >= 15 is 0 Å². The van der Waals surface area contributed by atoms with Crippen molar-refractivity contribution >= 4 is 91.9 Å². The van der Waals surface area contributed by atoms with Crippen LogP contribution in [0.1, 0.15) is 0 Å². The van der Waals surface area contributed by atoms with Crippen molar-refractivity contribution in [2.75, 3.05) is 4.90 Å². The minimum absolute atomic E-state index is 1.12. The molecule has 10 rings (SSSR count). The van der Waals surface area contributed by atoms with Crippen molar-refractivity contribution in [3.63, 3.8) is 0 Å². The van der Waals surface area contributed by atoms with Crippen molar-refractivity contribution in [3.05, 3.63) is 170 Å². The summed E-state index contributed by atoms with van der Waals surface area (Å²) in [6, 6.07) is 62.0. The van der Waals surface area contributed by atoms with Crippen molar-refractivity contribution in [1.29, 1.82) is 0 Å². The van der Waals surface area contributed by atoms with E-state index in [1.807, 2.05) is 11.3 Å². The third kappa shape index (κ3) is 4.10. The van der Waals surface area contributed by atoms with Crippen LogP contribution in [0.4, 0.5) is 17.1 Å². The van der Waals surface area contributed by atoms with E-state index in [4.69, 9.17) is 0 Å². The monoisotopic (exact) mass is 616 g/mol. The van der Waals surface area contributed by atoms with E-state index in [1.165, 1.54) is 63.5 Å². The number of benzene rings is 8. The summed E-state index contributed by atoms with van der Waals surface area (Å²) in [5, 5.41) is 10.2. The van der Waals surface area contributed by atoms with Crippen molar-refractivity contribution in [2.45, 2.75) is 0 Å². The van der Waals surface area contributed by atoms with Crippen LogP contribution in [-0.2, 0) is 0 Å². The number of rotatable bonds is 4. The molecule has 0 atom stereocenters. The Hall–Kier alpha value is -5.90. The second-order valence-electron chi connectivity index (χ2n) is 12.2. The lowest BCUT2D eigenvalue weighted by molar-refractivity contribution is 1.18. The number of hydrogen-bond donors (Lipinski definition) is 0. The second kappa shape index (κ2) is 10.3. The number of anilines is 3. The van der Waals surface area contributed by atoms with E-state index in [0.29, 0.717) is 0 Å². The third-order valence-electron chi connectivity index (χ3n) is 9.52. The number of fused-ring (bicyclic) bond motifs is 9. The number of aromatic nitrogens is 1. The molecule has 220 valence electrons. The topological polar surface area (TPSA) is 8.17 Å². The molecule has 8 aromatic carbocycles. The maximum Gasteiger partial charge on any atom is 0.0561 e. The predicted molar refractivity (Wildman–Crippen MR) is 203 cm³/mol. The molecule has 0 saturated carbocycles. The van der Waals surface area contributed by atoms with Crippen LogP contribution in [0.2, 0.25) is 0 Å². The highest BCUT2D eigenvalue weighted by atomic mass is 32.1. The average molecular weight is 617 g/mol. The van der Waals surface area contributed by atoms with Gasteiger partial charge in [0.25, 0.3) is 0 Å². The summed E-state index contributed by atoms with van der Waals surface area (Å²) >= 11 is 1.88. The summed E-state index contributed by atoms with van der Waals surface area (Å²) in [4.78, 5) is 2.39. The molecule has 0 saturated heterocycles. The van der Waals surface area contributed by atoms with Gasteiger partial charge in [0.1, 0.15) is 0 Å². The van der Waals surface area contributed by atoms with Crippen LogP contribution in [0.25, 0.3) is 69.2 Å². The highest BCUT2D eigenvalue weighted by molar-refractivity contribution is 7.25. The summed E-state index contributed by atoms with van der Waals surface area (Å²) in [5.41, 5.74) is 6.93. The zero-order chi connectivity index (χ0) is 30.9. The predicted octanol–water partition coefficient (Wildman–Crippen LogP) is 12.9. The van der Waals surface area contributed by atoms with Crippen LogP contribution in [0.15, 0.2) is 170 Å². The molecular formula is C44H28N2S. The molecular weight excluding hydrogens is 589 g/mol. The van der Waals surface area contributed by atoms with Crippen molar-refractivity contribution in [2.24, 2.45) is 0 Å². The Morgan fingerprint density at radius 1 is 0.362 bits per heavy atom. The van der Waals surface area contributed by atoms with Gasteiger partial charge in [-0.05, 0) is 94.3 Å². The lowest BCUT2D eigenvalue weighted by Crippen LogP contribution is -2.10. The minimum atomic E-state index is 1.12. The molecule has 2 aromatic heterocycles. The van der Waals surface area contributed by atoms with Crippen molar-refractivity contribution < 1.29 is 0 Å². The summed E-state index contributed by atoms with van der Waals surface area (Å²) in [7, 11) is 0. The van der Waals surface area contributed by atoms with E-state index in [-0.39, 0.29) is 0 Å². The quantitative estimate of drug-likeness (QED) is 0.179. The van der Waals surface area contributed by atoms with E-state index in [0.717, 1.165) is 22.7 Å². The lowest BCUT2D eigenvalue weighted by Gasteiger charge is -2.26. The van der Waals surface area contributed by atoms with Gasteiger partial charge < -0.3 is 9.47 Å². The van der Waals surface area contributed by atoms with Gasteiger partial charge in [-0.3, -0.25) is 0 Å². The molecule has 0 fully saturated rings. The van der Waals surface area contributed by atoms with Gasteiger partial charge in [0, 0.05) is 53.7 Å². The van der Waals surface area contributed by atoms with Crippen LogP contribution in [0.3, 0.4) is 0 Å². The Labute approximate surface area is 276 Å². The average Bonchev–Trinajstić information content (AvgIpc) is 3.66. The highest BCUT2D eigenvalue weighted by Crippen LogP contribution is 2.42.